The predicted octanol–water partition coefficient (Wildman–Crippen LogP) is -0.316. The average Bonchev–Trinajstić information content (AvgIpc) is 3.18. The van der Waals surface area contributed by atoms with Crippen molar-refractivity contribution in [3.8, 4) is 5.88 Å². The van der Waals surface area contributed by atoms with Gasteiger partial charge in [-0.25, -0.2) is 9.78 Å². The molecule has 5 heterocycles. The third-order valence-electron chi connectivity index (χ3n) is 6.24. The molecular weight excluding hydrogens is 456 g/mol. The lowest BCUT2D eigenvalue weighted by Gasteiger charge is -2.17. The Hall–Kier alpha value is -3.38. The molecule has 0 bridgehead atoms. The highest BCUT2D eigenvalue weighted by Gasteiger charge is 2.31. The smallest absolute Gasteiger partial charge is 0.326 e. The van der Waals surface area contributed by atoms with Gasteiger partial charge in [-0.2, -0.15) is 9.61 Å². The van der Waals surface area contributed by atoms with Crippen molar-refractivity contribution in [1.82, 2.24) is 29.5 Å². The van der Waals surface area contributed by atoms with Crippen LogP contribution >= 0.6 is 11.8 Å². The lowest BCUT2D eigenvalue weighted by atomic mass is 10.2. The summed E-state index contributed by atoms with van der Waals surface area (Å²) in [5, 5.41) is 15.0. The Balaban J connectivity index is 1.37. The number of nitrogens with two attached hydrogens (primary N) is 1. The van der Waals surface area contributed by atoms with Crippen molar-refractivity contribution >= 4 is 29.4 Å². The number of aromatic nitrogens is 5. The van der Waals surface area contributed by atoms with Crippen LogP contribution in [0.25, 0.3) is 11.7 Å². The highest BCUT2D eigenvalue weighted by atomic mass is 32.2. The summed E-state index contributed by atoms with van der Waals surface area (Å²) in [5.41, 5.74) is 7.83. The van der Waals surface area contributed by atoms with Crippen LogP contribution in [0.5, 0.6) is 5.88 Å². The van der Waals surface area contributed by atoms with Gasteiger partial charge >= 0.3 is 5.69 Å². The fourth-order valence-corrected chi connectivity index (χ4v) is 5.45. The van der Waals surface area contributed by atoms with Crippen LogP contribution in [-0.2, 0) is 4.79 Å². The van der Waals surface area contributed by atoms with Crippen LogP contribution in [0.3, 0.4) is 0 Å². The number of thioether (sulfide) groups is 1. The maximum Gasteiger partial charge on any atom is 0.326 e. The van der Waals surface area contributed by atoms with E-state index in [0.29, 0.717) is 35.9 Å². The number of nitrogens with one attached hydrogen (secondary N) is 2. The van der Waals surface area contributed by atoms with Crippen molar-refractivity contribution in [1.29, 1.82) is 0 Å². The number of imidazole rings is 1. The molecule has 1 saturated carbocycles. The molecule has 6 rings (SSSR count). The van der Waals surface area contributed by atoms with E-state index in [9.17, 15) is 14.7 Å². The molecule has 3 aromatic heterocycles. The summed E-state index contributed by atoms with van der Waals surface area (Å²) in [5.74, 6) is -0.210. The van der Waals surface area contributed by atoms with Gasteiger partial charge in [0.25, 0.3) is 5.91 Å². The molecule has 5 N–H and O–H groups in total. The molecule has 0 spiro atoms. The molecule has 1 amide bonds. The standard InChI is InChI=1S/C22H24N8O3S/c23-12-5-6-29(10-12)21(32)17-4-3-16(34-17)14-8-18(25-13-1-2-13)30-19(26-14)11(9-24-30)7-15-20(31)28-22(33)27-15/h4,7-9,12-13,16,31H,1-3,5-6,10,23H2,(H2,27,28,33)/t12-,16?/m0/s1. The minimum Gasteiger partial charge on any atom is -0.493 e. The number of hydrogen-bond acceptors (Lipinski definition) is 8. The van der Waals surface area contributed by atoms with Gasteiger partial charge in [-0.15, -0.1) is 11.8 Å². The van der Waals surface area contributed by atoms with Gasteiger partial charge in [0.1, 0.15) is 5.69 Å². The van der Waals surface area contributed by atoms with Crippen LogP contribution in [0.2, 0.25) is 0 Å². The van der Waals surface area contributed by atoms with Crippen molar-refractivity contribution in [3.05, 3.63) is 55.8 Å². The monoisotopic (exact) mass is 480 g/mol. The zero-order valence-electron chi connectivity index (χ0n) is 18.3. The molecule has 2 aliphatic heterocycles. The first-order chi connectivity index (χ1) is 16.4. The zero-order valence-corrected chi connectivity index (χ0v) is 19.1. The lowest BCUT2D eigenvalue weighted by molar-refractivity contribution is -0.125. The van der Waals surface area contributed by atoms with Crippen molar-refractivity contribution in [2.24, 2.45) is 10.7 Å². The minimum absolute atomic E-state index is 0.0170. The van der Waals surface area contributed by atoms with Gasteiger partial charge in [0.15, 0.2) is 11.1 Å². The Morgan fingerprint density at radius 3 is 2.88 bits per heavy atom. The Kier molecular flexibility index (Phi) is 5.06. The van der Waals surface area contributed by atoms with Crippen molar-refractivity contribution in [3.63, 3.8) is 0 Å². The largest absolute Gasteiger partial charge is 0.493 e. The number of aromatic hydroxyl groups is 1. The number of amides is 1. The van der Waals surface area contributed by atoms with E-state index >= 15 is 0 Å². The third kappa shape index (κ3) is 3.92. The molecule has 176 valence electrons. The number of allylic oxidation sites excluding steroid dienone is 1. The van der Waals surface area contributed by atoms with Crippen LogP contribution in [-0.4, -0.2) is 65.7 Å². The van der Waals surface area contributed by atoms with Crippen molar-refractivity contribution in [2.45, 2.75) is 43.0 Å². The Bertz CT molecular complexity index is 1500. The third-order valence-corrected chi connectivity index (χ3v) is 7.55. The van der Waals surface area contributed by atoms with E-state index in [4.69, 9.17) is 15.7 Å². The molecule has 12 heteroatoms. The van der Waals surface area contributed by atoms with Crippen molar-refractivity contribution in [2.75, 3.05) is 13.1 Å². The fourth-order valence-electron chi connectivity index (χ4n) is 4.29. The highest BCUT2D eigenvalue weighted by Crippen LogP contribution is 2.43. The second-order valence-corrected chi connectivity index (χ2v) is 10.2. The summed E-state index contributed by atoms with van der Waals surface area (Å²) in [7, 11) is 0. The zero-order chi connectivity index (χ0) is 23.4. The van der Waals surface area contributed by atoms with Gasteiger partial charge in [0.2, 0.25) is 5.88 Å². The number of rotatable bonds is 4. The number of fused-ring (bicyclic) bond motifs is 1. The van der Waals surface area contributed by atoms with Gasteiger partial charge in [-0.05, 0) is 31.8 Å². The average molecular weight is 481 g/mol. The molecule has 3 aliphatic rings. The van der Waals surface area contributed by atoms with E-state index in [1.54, 1.807) is 16.8 Å². The molecule has 2 atom stereocenters. The minimum atomic E-state index is -0.497. The maximum atomic E-state index is 12.9. The fraction of sp³-hybridized carbons (Fsp3) is 0.409. The number of hydrogen-bond donors (Lipinski definition) is 4. The topological polar surface area (TPSA) is 158 Å². The first kappa shape index (κ1) is 21.2. The van der Waals surface area contributed by atoms with E-state index in [-0.39, 0.29) is 34.8 Å². The maximum absolute atomic E-state index is 12.9. The number of likely N-dealkylation sites (tertiary alicyclic amines) is 1. The molecule has 1 unspecified atom stereocenters. The molecule has 11 nitrogen and oxygen atoms in total. The molecule has 2 fully saturated rings. The second-order valence-electron chi connectivity index (χ2n) is 8.93. The Morgan fingerprint density at radius 2 is 2.18 bits per heavy atom. The normalized spacial score (nSPS) is 23.9. The summed E-state index contributed by atoms with van der Waals surface area (Å²) in [6.45, 7) is 1.29. The summed E-state index contributed by atoms with van der Waals surface area (Å²) < 4.78 is 1.68. The summed E-state index contributed by atoms with van der Waals surface area (Å²) in [4.78, 5) is 41.5. The predicted molar refractivity (Wildman–Crippen MR) is 126 cm³/mol. The highest BCUT2D eigenvalue weighted by molar-refractivity contribution is 8.04. The molecule has 0 radical (unpaired) electrons. The molecular formula is C22H24N8O3S. The number of aromatic amines is 2. The van der Waals surface area contributed by atoms with Gasteiger partial charge in [-0.3, -0.25) is 14.8 Å². The summed E-state index contributed by atoms with van der Waals surface area (Å²) in [6, 6.07) is 2.28. The lowest BCUT2D eigenvalue weighted by Crippen LogP contribution is -2.32. The number of carbonyl (C=O) groups is 1. The van der Waals surface area contributed by atoms with Crippen LogP contribution in [0.1, 0.15) is 42.3 Å². The number of H-pyrrole nitrogens is 2. The second kappa shape index (κ2) is 8.13. The van der Waals surface area contributed by atoms with Gasteiger partial charge in [-0.1, -0.05) is 6.08 Å². The number of carbonyl (C=O) groups excluding carboxylic acids is 1. The summed E-state index contributed by atoms with van der Waals surface area (Å²) in [6.07, 6.45) is 8.86. The molecule has 3 aromatic rings. The van der Waals surface area contributed by atoms with Gasteiger partial charge < -0.3 is 20.7 Å². The van der Waals surface area contributed by atoms with E-state index in [0.717, 1.165) is 29.9 Å². The van der Waals surface area contributed by atoms with Crippen LogP contribution < -0.4 is 22.1 Å². The molecule has 0 aromatic carbocycles. The van der Waals surface area contributed by atoms with Crippen LogP contribution in [0, 0.1) is 0 Å². The molecule has 1 aliphatic carbocycles. The Morgan fingerprint density at radius 1 is 1.32 bits per heavy atom. The van der Waals surface area contributed by atoms with E-state index in [1.165, 1.54) is 11.8 Å². The van der Waals surface area contributed by atoms with E-state index in [2.05, 4.69) is 15.1 Å². The first-order valence-corrected chi connectivity index (χ1v) is 12.2. The van der Waals surface area contributed by atoms with Crippen LogP contribution in [0.15, 0.2) is 33.0 Å². The Labute approximate surface area is 197 Å². The first-order valence-electron chi connectivity index (χ1n) is 11.3. The quantitative estimate of drug-likeness (QED) is 0.399. The van der Waals surface area contributed by atoms with E-state index < -0.39 is 5.69 Å². The molecule has 1 saturated heterocycles. The number of nitrogens with zero attached hydrogens (tertiary/aromatic N) is 5. The SMILES string of the molecule is N[C@H]1CCN(C(=O)C2=CCC(c3cc(=NC4CC4)n4ncc(=Cc5[nH]c(=O)[nH]c5O)c4n3)S2)C1. The van der Waals surface area contributed by atoms with E-state index in [1.807, 2.05) is 17.0 Å². The summed E-state index contributed by atoms with van der Waals surface area (Å²) >= 11 is 1.52. The van der Waals surface area contributed by atoms with Gasteiger partial charge in [0, 0.05) is 30.4 Å². The molecule has 34 heavy (non-hydrogen) atoms. The van der Waals surface area contributed by atoms with Crippen molar-refractivity contribution < 1.29 is 9.90 Å². The van der Waals surface area contributed by atoms with Gasteiger partial charge in [0.05, 0.1) is 28.1 Å². The van der Waals surface area contributed by atoms with Crippen LogP contribution in [0.4, 0.5) is 0 Å².